The van der Waals surface area contributed by atoms with Gasteiger partial charge in [0.2, 0.25) is 5.91 Å². The molecule has 172 valence electrons. The first-order valence-electron chi connectivity index (χ1n) is 10.00. The number of carbonyl (C=O) groups is 1. The Hall–Kier alpha value is -2.14. The topological polar surface area (TPSA) is 79.8 Å². The molecule has 3 rings (SSSR count). The quantitative estimate of drug-likeness (QED) is 0.398. The van der Waals surface area contributed by atoms with Gasteiger partial charge in [-0.05, 0) is 56.6 Å². The molecule has 0 bridgehead atoms. The number of amides is 1. The number of ether oxygens (including phenoxy) is 1. The molecule has 32 heavy (non-hydrogen) atoms. The first-order valence-corrected chi connectivity index (χ1v) is 13.7. The summed E-state index contributed by atoms with van der Waals surface area (Å²) in [5.41, 5.74) is 0.688. The second kappa shape index (κ2) is 10.7. The summed E-state index contributed by atoms with van der Waals surface area (Å²) >= 11 is 2.96. The predicted molar refractivity (Wildman–Crippen MR) is 132 cm³/mol. The van der Waals surface area contributed by atoms with Gasteiger partial charge in [-0.15, -0.1) is 11.8 Å². The number of aromatic nitrogens is 1. The SMILES string of the molecule is COc1ccc(SCCC(=O)N(CCN(C)C)c2nc3ccc(S(C)(=O)=O)cc3s2)cc1. The highest BCUT2D eigenvalue weighted by atomic mass is 32.2. The fraction of sp³-hybridized carbons (Fsp3) is 0.364. The van der Waals surface area contributed by atoms with E-state index in [1.54, 1.807) is 42.0 Å². The van der Waals surface area contributed by atoms with Gasteiger partial charge in [0.15, 0.2) is 15.0 Å². The average Bonchev–Trinajstić information content (AvgIpc) is 3.16. The molecule has 0 saturated heterocycles. The predicted octanol–water partition coefficient (Wildman–Crippen LogP) is 3.79. The van der Waals surface area contributed by atoms with E-state index in [0.717, 1.165) is 15.3 Å². The maximum Gasteiger partial charge on any atom is 0.229 e. The van der Waals surface area contributed by atoms with Crippen LogP contribution in [-0.2, 0) is 14.6 Å². The molecule has 0 N–H and O–H groups in total. The van der Waals surface area contributed by atoms with Crippen molar-refractivity contribution in [3.05, 3.63) is 42.5 Å². The lowest BCUT2D eigenvalue weighted by Gasteiger charge is -2.22. The van der Waals surface area contributed by atoms with Crippen LogP contribution >= 0.6 is 23.1 Å². The van der Waals surface area contributed by atoms with Crippen molar-refractivity contribution in [3.63, 3.8) is 0 Å². The molecule has 0 aliphatic heterocycles. The third-order valence-electron chi connectivity index (χ3n) is 4.72. The van der Waals surface area contributed by atoms with Crippen molar-refractivity contribution in [3.8, 4) is 5.75 Å². The van der Waals surface area contributed by atoms with Crippen LogP contribution in [-0.4, -0.2) is 70.5 Å². The monoisotopic (exact) mass is 493 g/mol. The highest BCUT2D eigenvalue weighted by Gasteiger charge is 2.20. The second-order valence-electron chi connectivity index (χ2n) is 7.52. The van der Waals surface area contributed by atoms with Crippen LogP contribution in [0, 0.1) is 0 Å². The van der Waals surface area contributed by atoms with Crippen molar-refractivity contribution in [2.75, 3.05) is 51.2 Å². The summed E-state index contributed by atoms with van der Waals surface area (Å²) in [7, 11) is 2.24. The van der Waals surface area contributed by atoms with Crippen molar-refractivity contribution in [2.24, 2.45) is 0 Å². The van der Waals surface area contributed by atoms with Crippen LogP contribution < -0.4 is 9.64 Å². The molecule has 0 aliphatic carbocycles. The molecule has 0 saturated carbocycles. The summed E-state index contributed by atoms with van der Waals surface area (Å²) in [5.74, 6) is 1.44. The van der Waals surface area contributed by atoms with Crippen LogP contribution in [0.15, 0.2) is 52.3 Å². The maximum atomic E-state index is 13.1. The van der Waals surface area contributed by atoms with Gasteiger partial charge in [-0.3, -0.25) is 9.69 Å². The van der Waals surface area contributed by atoms with Crippen molar-refractivity contribution in [2.45, 2.75) is 16.2 Å². The molecule has 1 amide bonds. The van der Waals surface area contributed by atoms with Crippen molar-refractivity contribution in [1.29, 1.82) is 0 Å². The molecule has 2 aromatic carbocycles. The number of carbonyl (C=O) groups excluding carboxylic acids is 1. The zero-order chi connectivity index (χ0) is 23.3. The molecule has 1 aromatic heterocycles. The highest BCUT2D eigenvalue weighted by Crippen LogP contribution is 2.31. The molecule has 10 heteroatoms. The van der Waals surface area contributed by atoms with Gasteiger partial charge in [0.1, 0.15) is 5.75 Å². The first kappa shape index (κ1) is 24.5. The fourth-order valence-corrected chi connectivity index (χ4v) is 5.54. The largest absolute Gasteiger partial charge is 0.497 e. The van der Waals surface area contributed by atoms with Gasteiger partial charge < -0.3 is 9.64 Å². The van der Waals surface area contributed by atoms with E-state index in [4.69, 9.17) is 4.74 Å². The summed E-state index contributed by atoms with van der Waals surface area (Å²) in [6, 6.07) is 12.6. The van der Waals surface area contributed by atoms with Crippen LogP contribution in [0.2, 0.25) is 0 Å². The van der Waals surface area contributed by atoms with E-state index < -0.39 is 9.84 Å². The minimum atomic E-state index is -3.30. The van der Waals surface area contributed by atoms with E-state index in [9.17, 15) is 13.2 Å². The Kier molecular flexibility index (Phi) is 8.16. The fourth-order valence-electron chi connectivity index (χ4n) is 2.93. The Labute approximate surface area is 197 Å². The number of sulfone groups is 1. The number of thioether (sulfide) groups is 1. The van der Waals surface area contributed by atoms with Gasteiger partial charge in [0.25, 0.3) is 0 Å². The van der Waals surface area contributed by atoms with E-state index in [2.05, 4.69) is 4.98 Å². The molecule has 7 nitrogen and oxygen atoms in total. The number of rotatable bonds is 10. The number of benzene rings is 2. The molecule has 0 atom stereocenters. The lowest BCUT2D eigenvalue weighted by Crippen LogP contribution is -2.36. The van der Waals surface area contributed by atoms with E-state index in [1.807, 2.05) is 43.3 Å². The Morgan fingerprint density at radius 3 is 2.47 bits per heavy atom. The Balaban J connectivity index is 1.75. The van der Waals surface area contributed by atoms with E-state index in [-0.39, 0.29) is 10.8 Å². The second-order valence-corrected chi connectivity index (χ2v) is 11.7. The molecule has 0 radical (unpaired) electrons. The Morgan fingerprint density at radius 1 is 1.12 bits per heavy atom. The number of hydrogen-bond acceptors (Lipinski definition) is 8. The zero-order valence-electron chi connectivity index (χ0n) is 18.6. The molecular formula is C22H27N3O4S3. The summed E-state index contributed by atoms with van der Waals surface area (Å²) in [6.07, 6.45) is 1.55. The molecule has 0 unspecified atom stereocenters. The van der Waals surface area contributed by atoms with Crippen molar-refractivity contribution >= 4 is 54.2 Å². The number of anilines is 1. The molecule has 0 aliphatic rings. The Bertz CT molecular complexity index is 1170. The van der Waals surface area contributed by atoms with Crippen LogP contribution in [0.5, 0.6) is 5.75 Å². The molecule has 3 aromatic rings. The third kappa shape index (κ3) is 6.44. The van der Waals surface area contributed by atoms with Gasteiger partial charge in [0.05, 0.1) is 22.2 Å². The number of fused-ring (bicyclic) bond motifs is 1. The first-order chi connectivity index (χ1) is 15.2. The minimum absolute atomic E-state index is 0.00439. The maximum absolute atomic E-state index is 13.1. The van der Waals surface area contributed by atoms with Crippen LogP contribution in [0.4, 0.5) is 5.13 Å². The van der Waals surface area contributed by atoms with Crippen LogP contribution in [0.3, 0.4) is 0 Å². The van der Waals surface area contributed by atoms with Gasteiger partial charge >= 0.3 is 0 Å². The van der Waals surface area contributed by atoms with Crippen LogP contribution in [0.1, 0.15) is 6.42 Å². The molecule has 0 spiro atoms. The van der Waals surface area contributed by atoms with E-state index >= 15 is 0 Å². The smallest absolute Gasteiger partial charge is 0.229 e. The summed E-state index contributed by atoms with van der Waals surface area (Å²) in [5, 5.41) is 0.590. The minimum Gasteiger partial charge on any atom is -0.497 e. The van der Waals surface area contributed by atoms with Gasteiger partial charge in [0, 0.05) is 36.4 Å². The summed E-state index contributed by atoms with van der Waals surface area (Å²) in [6.45, 7) is 1.21. The number of likely N-dealkylation sites (N-methyl/N-ethyl adjacent to an activating group) is 1. The lowest BCUT2D eigenvalue weighted by atomic mass is 10.3. The lowest BCUT2D eigenvalue weighted by molar-refractivity contribution is -0.118. The zero-order valence-corrected chi connectivity index (χ0v) is 21.0. The van der Waals surface area contributed by atoms with Gasteiger partial charge in [-0.25, -0.2) is 13.4 Å². The molecule has 0 fully saturated rings. The van der Waals surface area contributed by atoms with Gasteiger partial charge in [-0.2, -0.15) is 0 Å². The van der Waals surface area contributed by atoms with E-state index in [0.29, 0.717) is 35.9 Å². The normalized spacial score (nSPS) is 11.8. The van der Waals surface area contributed by atoms with Crippen molar-refractivity contribution in [1.82, 2.24) is 9.88 Å². The summed E-state index contributed by atoms with van der Waals surface area (Å²) in [4.78, 5) is 22.8. The molecule has 1 heterocycles. The number of hydrogen-bond donors (Lipinski definition) is 0. The van der Waals surface area contributed by atoms with E-state index in [1.165, 1.54) is 17.6 Å². The third-order valence-corrected chi connectivity index (χ3v) is 7.89. The summed E-state index contributed by atoms with van der Waals surface area (Å²) < 4.78 is 29.7. The van der Waals surface area contributed by atoms with Crippen molar-refractivity contribution < 1.29 is 17.9 Å². The van der Waals surface area contributed by atoms with Gasteiger partial charge in [-0.1, -0.05) is 11.3 Å². The van der Waals surface area contributed by atoms with Crippen LogP contribution in [0.25, 0.3) is 10.2 Å². The number of nitrogens with zero attached hydrogens (tertiary/aromatic N) is 3. The number of methoxy groups -OCH3 is 1. The average molecular weight is 494 g/mol. The molecular weight excluding hydrogens is 466 g/mol. The standard InChI is InChI=1S/C22H27N3O4S3/c1-24(2)12-13-25(21(26)11-14-30-17-7-5-16(29-3)6-8-17)22-23-19-10-9-18(32(4,27)28)15-20(19)31-22/h5-10,15H,11-14H2,1-4H3. The number of thiazole rings is 1. The Morgan fingerprint density at radius 2 is 1.84 bits per heavy atom. The highest BCUT2D eigenvalue weighted by molar-refractivity contribution is 7.99.